The smallest absolute Gasteiger partial charge is 0.271 e. The van der Waals surface area contributed by atoms with Gasteiger partial charge in [0.05, 0.1) is 24.6 Å². The lowest BCUT2D eigenvalue weighted by Crippen LogP contribution is -2.33. The zero-order chi connectivity index (χ0) is 12.8. The molecule has 0 aliphatic heterocycles. The van der Waals surface area contributed by atoms with Crippen LogP contribution in [0, 0.1) is 0 Å². The minimum absolute atomic E-state index is 0.152. The Hall–Kier alpha value is -2.77. The van der Waals surface area contributed by atoms with Gasteiger partial charge in [-0.25, -0.2) is 4.98 Å². The lowest BCUT2D eigenvalue weighted by atomic mass is 10.4. The molecule has 2 heterocycles. The molecule has 8 nitrogen and oxygen atoms in total. The number of amides is 2. The SMILES string of the molecule is O=C(CNC(=O)c1cnccn1)Nc1cn[nH]c1. The summed E-state index contributed by atoms with van der Waals surface area (Å²) < 4.78 is 0. The van der Waals surface area contributed by atoms with E-state index < -0.39 is 5.91 Å². The maximum absolute atomic E-state index is 11.5. The van der Waals surface area contributed by atoms with E-state index in [1.165, 1.54) is 31.0 Å². The van der Waals surface area contributed by atoms with Gasteiger partial charge in [0.25, 0.3) is 5.91 Å². The lowest BCUT2D eigenvalue weighted by Gasteiger charge is -2.04. The number of anilines is 1. The molecule has 2 amide bonds. The fourth-order valence-corrected chi connectivity index (χ4v) is 1.19. The van der Waals surface area contributed by atoms with Crippen molar-refractivity contribution in [3.63, 3.8) is 0 Å². The van der Waals surface area contributed by atoms with Crippen LogP contribution in [0.2, 0.25) is 0 Å². The molecule has 3 N–H and O–H groups in total. The molecule has 0 radical (unpaired) electrons. The highest BCUT2D eigenvalue weighted by Gasteiger charge is 2.09. The third-order valence-corrected chi connectivity index (χ3v) is 1.99. The predicted octanol–water partition coefficient (Wildman–Crippen LogP) is -0.432. The van der Waals surface area contributed by atoms with Crippen molar-refractivity contribution in [2.75, 3.05) is 11.9 Å². The van der Waals surface area contributed by atoms with Crippen molar-refractivity contribution < 1.29 is 9.59 Å². The van der Waals surface area contributed by atoms with E-state index in [-0.39, 0.29) is 18.1 Å². The minimum atomic E-state index is -0.453. The van der Waals surface area contributed by atoms with Gasteiger partial charge in [-0.15, -0.1) is 0 Å². The third kappa shape index (κ3) is 3.11. The number of carbonyl (C=O) groups excluding carboxylic acids is 2. The van der Waals surface area contributed by atoms with Crippen molar-refractivity contribution in [1.29, 1.82) is 0 Å². The fraction of sp³-hybridized carbons (Fsp3) is 0.100. The summed E-state index contributed by atoms with van der Waals surface area (Å²) in [5.41, 5.74) is 0.697. The van der Waals surface area contributed by atoms with Crippen LogP contribution in [0.4, 0.5) is 5.69 Å². The molecule has 0 saturated heterocycles. The molecule has 92 valence electrons. The van der Waals surface area contributed by atoms with Crippen molar-refractivity contribution in [1.82, 2.24) is 25.5 Å². The number of hydrogen-bond acceptors (Lipinski definition) is 5. The van der Waals surface area contributed by atoms with E-state index in [1.54, 1.807) is 0 Å². The van der Waals surface area contributed by atoms with Crippen molar-refractivity contribution in [3.8, 4) is 0 Å². The molecule has 0 spiro atoms. The van der Waals surface area contributed by atoms with Gasteiger partial charge < -0.3 is 10.6 Å². The van der Waals surface area contributed by atoms with E-state index in [2.05, 4.69) is 30.8 Å². The summed E-state index contributed by atoms with van der Waals surface area (Å²) in [5, 5.41) is 11.2. The standard InChI is InChI=1S/C10H10N6O2/c17-9(16-7-3-14-15-4-7)6-13-10(18)8-5-11-1-2-12-8/h1-5H,6H2,(H,13,18)(H,14,15)(H,16,17). The molecule has 8 heteroatoms. The van der Waals surface area contributed by atoms with Crippen LogP contribution >= 0.6 is 0 Å². The van der Waals surface area contributed by atoms with Crippen molar-refractivity contribution in [2.24, 2.45) is 0 Å². The molecule has 0 unspecified atom stereocenters. The first-order chi connectivity index (χ1) is 8.75. The molecule has 0 fully saturated rings. The Labute approximate surface area is 102 Å². The first-order valence-corrected chi connectivity index (χ1v) is 5.08. The van der Waals surface area contributed by atoms with Gasteiger partial charge >= 0.3 is 0 Å². The topological polar surface area (TPSA) is 113 Å². The molecular formula is C10H10N6O2. The largest absolute Gasteiger partial charge is 0.342 e. The van der Waals surface area contributed by atoms with Gasteiger partial charge in [0.2, 0.25) is 5.91 Å². The van der Waals surface area contributed by atoms with Crippen LogP contribution in [0.3, 0.4) is 0 Å². The molecule has 0 aliphatic carbocycles. The monoisotopic (exact) mass is 246 g/mol. The Bertz CT molecular complexity index is 525. The highest BCUT2D eigenvalue weighted by molar-refractivity contribution is 5.98. The number of hydrogen-bond donors (Lipinski definition) is 3. The van der Waals surface area contributed by atoms with Crippen LogP contribution in [0.5, 0.6) is 0 Å². The lowest BCUT2D eigenvalue weighted by molar-refractivity contribution is -0.115. The summed E-state index contributed by atoms with van der Waals surface area (Å²) in [4.78, 5) is 30.6. The van der Waals surface area contributed by atoms with Crippen LogP contribution in [-0.2, 0) is 4.79 Å². The van der Waals surface area contributed by atoms with Gasteiger partial charge in [-0.3, -0.25) is 19.7 Å². The van der Waals surface area contributed by atoms with Gasteiger partial charge in [-0.2, -0.15) is 5.10 Å². The highest BCUT2D eigenvalue weighted by Crippen LogP contribution is 1.99. The first kappa shape index (κ1) is 11.7. The Morgan fingerprint density at radius 2 is 2.17 bits per heavy atom. The predicted molar refractivity (Wildman–Crippen MR) is 61.6 cm³/mol. The van der Waals surface area contributed by atoms with E-state index in [0.717, 1.165) is 0 Å². The average molecular weight is 246 g/mol. The molecule has 2 rings (SSSR count). The van der Waals surface area contributed by atoms with E-state index >= 15 is 0 Å². The normalized spacial score (nSPS) is 9.78. The summed E-state index contributed by atoms with van der Waals surface area (Å²) in [6.45, 7) is -0.152. The summed E-state index contributed by atoms with van der Waals surface area (Å²) in [6, 6.07) is 0. The van der Waals surface area contributed by atoms with Gasteiger partial charge in [0.15, 0.2) is 0 Å². The first-order valence-electron chi connectivity index (χ1n) is 5.08. The second-order valence-electron chi connectivity index (χ2n) is 3.31. The molecule has 0 aromatic carbocycles. The van der Waals surface area contributed by atoms with Crippen LogP contribution < -0.4 is 10.6 Å². The highest BCUT2D eigenvalue weighted by atomic mass is 16.2. The number of nitrogens with one attached hydrogen (secondary N) is 3. The maximum Gasteiger partial charge on any atom is 0.271 e. The second-order valence-corrected chi connectivity index (χ2v) is 3.31. The van der Waals surface area contributed by atoms with Crippen LogP contribution in [0.1, 0.15) is 10.5 Å². The molecule has 2 aromatic rings. The average Bonchev–Trinajstić information content (AvgIpc) is 2.90. The van der Waals surface area contributed by atoms with Gasteiger partial charge in [-0.1, -0.05) is 0 Å². The number of H-pyrrole nitrogens is 1. The third-order valence-electron chi connectivity index (χ3n) is 1.99. The Morgan fingerprint density at radius 3 is 2.83 bits per heavy atom. The zero-order valence-corrected chi connectivity index (χ0v) is 9.25. The maximum atomic E-state index is 11.5. The molecule has 18 heavy (non-hydrogen) atoms. The van der Waals surface area contributed by atoms with Crippen LogP contribution in [-0.4, -0.2) is 38.5 Å². The van der Waals surface area contributed by atoms with Crippen molar-refractivity contribution in [2.45, 2.75) is 0 Å². The molecule has 0 bridgehead atoms. The summed E-state index contributed by atoms with van der Waals surface area (Å²) in [6.07, 6.45) is 7.18. The summed E-state index contributed by atoms with van der Waals surface area (Å²) >= 11 is 0. The molecule has 0 atom stereocenters. The fourth-order valence-electron chi connectivity index (χ4n) is 1.19. The summed E-state index contributed by atoms with van der Waals surface area (Å²) in [5.74, 6) is -0.806. The zero-order valence-electron chi connectivity index (χ0n) is 9.25. The second kappa shape index (κ2) is 5.53. The number of nitrogens with zero attached hydrogens (tertiary/aromatic N) is 3. The summed E-state index contributed by atoms with van der Waals surface area (Å²) in [7, 11) is 0. The molecular weight excluding hydrogens is 236 g/mol. The van der Waals surface area contributed by atoms with E-state index in [0.29, 0.717) is 5.69 Å². The van der Waals surface area contributed by atoms with Gasteiger partial charge in [-0.05, 0) is 0 Å². The Balaban J connectivity index is 1.81. The molecule has 2 aromatic heterocycles. The minimum Gasteiger partial charge on any atom is -0.342 e. The van der Waals surface area contributed by atoms with Gasteiger partial charge in [0, 0.05) is 18.6 Å². The van der Waals surface area contributed by atoms with Gasteiger partial charge in [0.1, 0.15) is 5.69 Å². The van der Waals surface area contributed by atoms with Crippen LogP contribution in [0.25, 0.3) is 0 Å². The number of aromatic nitrogens is 4. The number of aromatic amines is 1. The molecule has 0 aliphatic rings. The quantitative estimate of drug-likeness (QED) is 0.677. The van der Waals surface area contributed by atoms with E-state index in [9.17, 15) is 9.59 Å². The van der Waals surface area contributed by atoms with Crippen molar-refractivity contribution in [3.05, 3.63) is 36.7 Å². The Kier molecular flexibility index (Phi) is 3.59. The van der Waals surface area contributed by atoms with Crippen molar-refractivity contribution >= 4 is 17.5 Å². The van der Waals surface area contributed by atoms with E-state index in [4.69, 9.17) is 0 Å². The number of carbonyl (C=O) groups is 2. The van der Waals surface area contributed by atoms with Crippen LogP contribution in [0.15, 0.2) is 31.0 Å². The number of rotatable bonds is 4. The van der Waals surface area contributed by atoms with E-state index in [1.807, 2.05) is 0 Å². The Morgan fingerprint density at radius 1 is 1.28 bits per heavy atom. The molecule has 0 saturated carbocycles.